The fourth-order valence-electron chi connectivity index (χ4n) is 1.88. The number of nitrogens with zero attached hydrogens (tertiary/aromatic N) is 3. The lowest BCUT2D eigenvalue weighted by molar-refractivity contribution is 0.568. The number of halogens is 1. The molecule has 16 heavy (non-hydrogen) atoms. The van der Waals surface area contributed by atoms with Crippen molar-refractivity contribution in [1.29, 1.82) is 5.26 Å². The van der Waals surface area contributed by atoms with Gasteiger partial charge in [0.05, 0.1) is 11.8 Å². The molecule has 82 valence electrons. The number of aromatic nitrogens is 1. The smallest absolute Gasteiger partial charge is 0.236 e. The van der Waals surface area contributed by atoms with Gasteiger partial charge in [0.15, 0.2) is 0 Å². The Morgan fingerprint density at radius 3 is 2.81 bits per heavy atom. The van der Waals surface area contributed by atoms with Crippen LogP contribution in [0.3, 0.4) is 0 Å². The molecule has 0 N–H and O–H groups in total. The highest BCUT2D eigenvalue weighted by Gasteiger charge is 2.17. The Labute approximate surface area is 93.8 Å². The zero-order valence-electron chi connectivity index (χ0n) is 8.86. The highest BCUT2D eigenvalue weighted by Crippen LogP contribution is 2.23. The number of nitriles is 1. The zero-order chi connectivity index (χ0) is 11.4. The number of piperidine rings is 1. The summed E-state index contributed by atoms with van der Waals surface area (Å²) in [5.74, 6) is -0.421. The van der Waals surface area contributed by atoms with Crippen LogP contribution in [0.5, 0.6) is 0 Å². The molecule has 1 fully saturated rings. The van der Waals surface area contributed by atoms with Crippen LogP contribution in [0.15, 0.2) is 30.0 Å². The Hall–Kier alpha value is -1.89. The van der Waals surface area contributed by atoms with Gasteiger partial charge in [-0.2, -0.15) is 9.65 Å². The van der Waals surface area contributed by atoms with Crippen LogP contribution in [0.1, 0.15) is 12.8 Å². The summed E-state index contributed by atoms with van der Waals surface area (Å²) >= 11 is 0. The summed E-state index contributed by atoms with van der Waals surface area (Å²) in [6, 6.07) is 5.51. The van der Waals surface area contributed by atoms with Crippen LogP contribution in [0, 0.1) is 17.3 Å². The molecule has 0 amide bonds. The Balaban J connectivity index is 2.08. The van der Waals surface area contributed by atoms with Gasteiger partial charge in [0.2, 0.25) is 5.95 Å². The highest BCUT2D eigenvalue weighted by atomic mass is 19.1. The first-order chi connectivity index (χ1) is 7.81. The predicted octanol–water partition coefficient (Wildman–Crippen LogP) is 2.27. The molecule has 1 saturated heterocycles. The van der Waals surface area contributed by atoms with Gasteiger partial charge >= 0.3 is 0 Å². The van der Waals surface area contributed by atoms with Crippen LogP contribution in [-0.4, -0.2) is 18.1 Å². The molecule has 0 bridgehead atoms. The number of hydrogen-bond acceptors (Lipinski definition) is 3. The van der Waals surface area contributed by atoms with Gasteiger partial charge in [0, 0.05) is 25.4 Å². The molecule has 0 aromatic carbocycles. The molecule has 0 unspecified atom stereocenters. The second kappa shape index (κ2) is 4.75. The van der Waals surface area contributed by atoms with Crippen LogP contribution in [0.2, 0.25) is 0 Å². The van der Waals surface area contributed by atoms with Crippen molar-refractivity contribution in [3.63, 3.8) is 0 Å². The molecule has 1 aromatic rings. The summed E-state index contributed by atoms with van der Waals surface area (Å²) in [4.78, 5) is 5.60. The van der Waals surface area contributed by atoms with Crippen molar-refractivity contribution in [2.24, 2.45) is 0 Å². The number of allylic oxidation sites excluding steroid dienone is 1. The summed E-state index contributed by atoms with van der Waals surface area (Å²) in [7, 11) is 0. The molecule has 3 nitrogen and oxygen atoms in total. The monoisotopic (exact) mass is 217 g/mol. The van der Waals surface area contributed by atoms with Crippen LogP contribution in [-0.2, 0) is 0 Å². The topological polar surface area (TPSA) is 39.9 Å². The molecular weight excluding hydrogens is 205 g/mol. The number of anilines is 1. The van der Waals surface area contributed by atoms with E-state index < -0.39 is 5.95 Å². The van der Waals surface area contributed by atoms with E-state index in [2.05, 4.69) is 4.98 Å². The van der Waals surface area contributed by atoms with Crippen LogP contribution in [0.25, 0.3) is 0 Å². The van der Waals surface area contributed by atoms with E-state index in [-0.39, 0.29) is 0 Å². The van der Waals surface area contributed by atoms with Crippen molar-refractivity contribution < 1.29 is 4.39 Å². The molecule has 2 heterocycles. The zero-order valence-corrected chi connectivity index (χ0v) is 8.86. The van der Waals surface area contributed by atoms with Crippen molar-refractivity contribution >= 4 is 5.69 Å². The second-order valence-corrected chi connectivity index (χ2v) is 3.73. The Morgan fingerprint density at radius 1 is 1.44 bits per heavy atom. The predicted molar refractivity (Wildman–Crippen MR) is 59.3 cm³/mol. The third-order valence-corrected chi connectivity index (χ3v) is 2.75. The minimum Gasteiger partial charge on any atom is -0.367 e. The molecule has 0 atom stereocenters. The number of pyridine rings is 1. The molecule has 0 saturated carbocycles. The van der Waals surface area contributed by atoms with E-state index in [1.165, 1.54) is 6.20 Å². The quantitative estimate of drug-likeness (QED) is 0.535. The van der Waals surface area contributed by atoms with E-state index in [1.807, 2.05) is 11.0 Å². The number of hydrogen-bond donors (Lipinski definition) is 0. The fraction of sp³-hybridized carbons (Fsp3) is 0.333. The Bertz CT molecular complexity index is 438. The highest BCUT2D eigenvalue weighted by molar-refractivity contribution is 5.46. The van der Waals surface area contributed by atoms with Crippen molar-refractivity contribution in [2.45, 2.75) is 12.8 Å². The molecule has 0 radical (unpaired) electrons. The molecule has 2 rings (SSSR count). The third-order valence-electron chi connectivity index (χ3n) is 2.75. The van der Waals surface area contributed by atoms with E-state index in [1.54, 1.807) is 18.2 Å². The van der Waals surface area contributed by atoms with Crippen molar-refractivity contribution in [3.8, 4) is 6.07 Å². The summed E-state index contributed by atoms with van der Waals surface area (Å²) < 4.78 is 13.4. The van der Waals surface area contributed by atoms with E-state index in [0.717, 1.165) is 31.5 Å². The summed E-state index contributed by atoms with van der Waals surface area (Å²) in [5, 5.41) is 8.54. The second-order valence-electron chi connectivity index (χ2n) is 3.73. The lowest BCUT2D eigenvalue weighted by atomic mass is 10.0. The maximum absolute atomic E-state index is 13.4. The molecule has 1 aromatic heterocycles. The van der Waals surface area contributed by atoms with Crippen molar-refractivity contribution in [2.75, 3.05) is 18.0 Å². The summed E-state index contributed by atoms with van der Waals surface area (Å²) in [6.07, 6.45) is 4.69. The van der Waals surface area contributed by atoms with E-state index in [0.29, 0.717) is 5.69 Å². The Morgan fingerprint density at radius 2 is 2.19 bits per heavy atom. The largest absolute Gasteiger partial charge is 0.367 e. The lowest BCUT2D eigenvalue weighted by Crippen LogP contribution is -2.31. The molecule has 4 heteroatoms. The van der Waals surface area contributed by atoms with Gasteiger partial charge in [-0.25, -0.2) is 4.98 Å². The van der Waals surface area contributed by atoms with Gasteiger partial charge in [0.25, 0.3) is 0 Å². The minimum atomic E-state index is -0.421. The maximum Gasteiger partial charge on any atom is 0.236 e. The first-order valence-corrected chi connectivity index (χ1v) is 5.24. The molecule has 0 aliphatic carbocycles. The first kappa shape index (κ1) is 10.6. The first-order valence-electron chi connectivity index (χ1n) is 5.24. The summed E-state index contributed by atoms with van der Waals surface area (Å²) in [5.41, 5.74) is 1.70. The van der Waals surface area contributed by atoms with Gasteiger partial charge in [0.1, 0.15) is 0 Å². The average molecular weight is 217 g/mol. The maximum atomic E-state index is 13.4. The van der Waals surface area contributed by atoms with Gasteiger partial charge in [-0.05, 0) is 25.0 Å². The minimum absolute atomic E-state index is 0.421. The van der Waals surface area contributed by atoms with Gasteiger partial charge < -0.3 is 4.90 Å². The molecule has 1 aliphatic heterocycles. The Kier molecular flexibility index (Phi) is 3.16. The van der Waals surface area contributed by atoms with E-state index >= 15 is 0 Å². The SMILES string of the molecule is N#CC=C1CCN(c2cccnc2F)CC1. The molecular formula is C12H12FN3. The van der Waals surface area contributed by atoms with Crippen LogP contribution in [0.4, 0.5) is 10.1 Å². The molecule has 1 aliphatic rings. The third kappa shape index (κ3) is 2.19. The van der Waals surface area contributed by atoms with Crippen molar-refractivity contribution in [1.82, 2.24) is 4.98 Å². The standard InChI is InChI=1S/C12H12FN3/c13-12-11(2-1-7-15-12)16-8-4-10(3-6-14)5-9-16/h1-3,7H,4-5,8-9H2. The van der Waals surface area contributed by atoms with Crippen LogP contribution >= 0.6 is 0 Å². The fourth-order valence-corrected chi connectivity index (χ4v) is 1.88. The van der Waals surface area contributed by atoms with Crippen molar-refractivity contribution in [3.05, 3.63) is 35.9 Å². The summed E-state index contributed by atoms with van der Waals surface area (Å²) in [6.45, 7) is 1.49. The lowest BCUT2D eigenvalue weighted by Gasteiger charge is -2.29. The van der Waals surface area contributed by atoms with Gasteiger partial charge in [-0.15, -0.1) is 0 Å². The van der Waals surface area contributed by atoms with Crippen LogP contribution < -0.4 is 4.90 Å². The number of rotatable bonds is 1. The van der Waals surface area contributed by atoms with Gasteiger partial charge in [-0.3, -0.25) is 0 Å². The van der Waals surface area contributed by atoms with E-state index in [9.17, 15) is 4.39 Å². The average Bonchev–Trinajstić information content (AvgIpc) is 2.31. The normalized spacial score (nSPS) is 15.8. The molecule has 0 spiro atoms. The van der Waals surface area contributed by atoms with E-state index in [4.69, 9.17) is 5.26 Å². The van der Waals surface area contributed by atoms with Gasteiger partial charge in [-0.1, -0.05) is 5.57 Å².